The van der Waals surface area contributed by atoms with E-state index in [4.69, 9.17) is 9.47 Å². The molecule has 1 amide bonds. The first-order valence-corrected chi connectivity index (χ1v) is 11.5. The molecule has 2 aliphatic rings. The number of anilines is 2. The third-order valence-corrected chi connectivity index (χ3v) is 6.51. The topological polar surface area (TPSA) is 94.5 Å². The van der Waals surface area contributed by atoms with Crippen molar-refractivity contribution in [1.29, 1.82) is 0 Å². The highest BCUT2D eigenvalue weighted by atomic mass is 16.5. The number of fused-ring (bicyclic) bond motifs is 1. The van der Waals surface area contributed by atoms with Crippen molar-refractivity contribution >= 4 is 23.2 Å². The van der Waals surface area contributed by atoms with Gasteiger partial charge in [0.1, 0.15) is 28.9 Å². The normalized spacial score (nSPS) is 18.3. The summed E-state index contributed by atoms with van der Waals surface area (Å²) in [5, 5.41) is 10.9. The largest absolute Gasteiger partial charge is 0.497 e. The Labute approximate surface area is 203 Å². The second-order valence-corrected chi connectivity index (χ2v) is 9.64. The smallest absolute Gasteiger partial charge is 0.261 e. The summed E-state index contributed by atoms with van der Waals surface area (Å²) in [4.78, 5) is 26.7. The van der Waals surface area contributed by atoms with Gasteiger partial charge in [-0.1, -0.05) is 32.0 Å². The number of methoxy groups -OCH3 is 2. The van der Waals surface area contributed by atoms with Gasteiger partial charge in [-0.3, -0.25) is 9.59 Å². The van der Waals surface area contributed by atoms with E-state index in [9.17, 15) is 9.59 Å². The van der Waals surface area contributed by atoms with Gasteiger partial charge in [0.05, 0.1) is 20.4 Å². The summed E-state index contributed by atoms with van der Waals surface area (Å²) in [7, 11) is 3.19. The minimum absolute atomic E-state index is 0.0510. The van der Waals surface area contributed by atoms with Crippen LogP contribution in [-0.4, -0.2) is 35.7 Å². The summed E-state index contributed by atoms with van der Waals surface area (Å²) in [5.74, 6) is 1.55. The zero-order valence-corrected chi connectivity index (χ0v) is 20.2. The molecule has 0 bridgehead atoms. The van der Waals surface area contributed by atoms with Crippen molar-refractivity contribution in [2.24, 2.45) is 5.41 Å². The first-order valence-electron chi connectivity index (χ1n) is 11.5. The summed E-state index contributed by atoms with van der Waals surface area (Å²) in [6, 6.07) is 14.2. The number of aromatic nitrogens is 2. The third-order valence-electron chi connectivity index (χ3n) is 6.51. The van der Waals surface area contributed by atoms with Crippen molar-refractivity contribution in [3.63, 3.8) is 0 Å². The molecule has 0 unspecified atom stereocenters. The van der Waals surface area contributed by atoms with E-state index in [1.807, 2.05) is 48.5 Å². The van der Waals surface area contributed by atoms with Crippen LogP contribution in [0.4, 0.5) is 11.5 Å². The quantitative estimate of drug-likeness (QED) is 0.553. The maximum atomic E-state index is 13.5. The van der Waals surface area contributed by atoms with E-state index in [0.29, 0.717) is 47.0 Å². The fraction of sp³-hybridized carbons (Fsp3) is 0.296. The van der Waals surface area contributed by atoms with Gasteiger partial charge in [0.25, 0.3) is 5.91 Å². The lowest BCUT2D eigenvalue weighted by Crippen LogP contribution is -2.37. The molecule has 35 heavy (non-hydrogen) atoms. The number of nitrogens with zero attached hydrogens (tertiary/aromatic N) is 2. The average Bonchev–Trinajstić information content (AvgIpc) is 3.26. The summed E-state index contributed by atoms with van der Waals surface area (Å²) in [6.07, 6.45) is 2.63. The summed E-state index contributed by atoms with van der Waals surface area (Å²) in [5.41, 5.74) is 3.06. The van der Waals surface area contributed by atoms with Crippen LogP contribution in [-0.2, 0) is 4.79 Å². The van der Waals surface area contributed by atoms with Crippen molar-refractivity contribution in [1.82, 2.24) is 9.78 Å². The van der Waals surface area contributed by atoms with E-state index in [1.54, 1.807) is 18.9 Å². The van der Waals surface area contributed by atoms with Crippen molar-refractivity contribution in [2.75, 3.05) is 24.9 Å². The molecule has 180 valence electrons. The van der Waals surface area contributed by atoms with Gasteiger partial charge in [0, 0.05) is 28.9 Å². The zero-order chi connectivity index (χ0) is 24.7. The Kier molecular flexibility index (Phi) is 5.59. The Morgan fingerprint density at radius 2 is 1.89 bits per heavy atom. The van der Waals surface area contributed by atoms with Crippen LogP contribution >= 0.6 is 0 Å². The van der Waals surface area contributed by atoms with E-state index < -0.39 is 6.04 Å². The number of hydrogen-bond donors (Lipinski definition) is 2. The molecule has 1 atom stereocenters. The Hall–Kier alpha value is -4.07. The number of nitrogens with one attached hydrogen (secondary N) is 2. The zero-order valence-electron chi connectivity index (χ0n) is 20.2. The van der Waals surface area contributed by atoms with Crippen LogP contribution in [0.5, 0.6) is 11.5 Å². The molecule has 2 aromatic carbocycles. The molecule has 8 nitrogen and oxygen atoms in total. The van der Waals surface area contributed by atoms with Crippen molar-refractivity contribution in [2.45, 2.75) is 32.7 Å². The number of carbonyl (C=O) groups is 2. The van der Waals surface area contributed by atoms with Gasteiger partial charge in [-0.25, -0.2) is 4.68 Å². The maximum Gasteiger partial charge on any atom is 0.261 e. The van der Waals surface area contributed by atoms with Gasteiger partial charge in [-0.2, -0.15) is 5.10 Å². The van der Waals surface area contributed by atoms with Crippen LogP contribution in [0.25, 0.3) is 0 Å². The number of ketones is 1. The number of allylic oxidation sites excluding steroid dienone is 2. The minimum atomic E-state index is -0.562. The highest BCUT2D eigenvalue weighted by Crippen LogP contribution is 2.48. The summed E-state index contributed by atoms with van der Waals surface area (Å²) in [6.45, 7) is 4.15. The van der Waals surface area contributed by atoms with Crippen molar-refractivity contribution < 1.29 is 19.1 Å². The van der Waals surface area contributed by atoms with E-state index in [1.165, 1.54) is 6.20 Å². The molecule has 1 aromatic heterocycles. The Balaban J connectivity index is 1.66. The van der Waals surface area contributed by atoms with Gasteiger partial charge >= 0.3 is 0 Å². The number of benzene rings is 2. The summed E-state index contributed by atoms with van der Waals surface area (Å²) >= 11 is 0. The number of amides is 1. The lowest BCUT2D eigenvalue weighted by atomic mass is 9.73. The van der Waals surface area contributed by atoms with Crippen LogP contribution in [0.3, 0.4) is 0 Å². The molecule has 1 aliphatic carbocycles. The average molecular weight is 473 g/mol. The molecule has 2 heterocycles. The minimum Gasteiger partial charge on any atom is -0.497 e. The van der Waals surface area contributed by atoms with Crippen LogP contribution in [0.2, 0.25) is 0 Å². The SMILES string of the molecule is COc1ccc(OC)c([C@@H]2C3=C(CC(C)(C)CC3=O)Nc3c(C(=O)Nc4ccccc4)cnn32)c1. The van der Waals surface area contributed by atoms with Crippen LogP contribution in [0.1, 0.15) is 48.7 Å². The molecule has 0 fully saturated rings. The van der Waals surface area contributed by atoms with Gasteiger partial charge in [-0.05, 0) is 42.2 Å². The first kappa shape index (κ1) is 22.7. The number of hydrogen-bond acceptors (Lipinski definition) is 6. The Morgan fingerprint density at radius 1 is 1.11 bits per heavy atom. The van der Waals surface area contributed by atoms with Crippen molar-refractivity contribution in [3.8, 4) is 11.5 Å². The summed E-state index contributed by atoms with van der Waals surface area (Å²) < 4.78 is 12.8. The van der Waals surface area contributed by atoms with E-state index >= 15 is 0 Å². The fourth-order valence-corrected chi connectivity index (χ4v) is 4.94. The molecule has 3 aromatic rings. The highest BCUT2D eigenvalue weighted by Gasteiger charge is 2.43. The van der Waals surface area contributed by atoms with Crippen molar-refractivity contribution in [3.05, 3.63) is 77.1 Å². The van der Waals surface area contributed by atoms with E-state index in [2.05, 4.69) is 29.6 Å². The predicted molar refractivity (Wildman–Crippen MR) is 133 cm³/mol. The van der Waals surface area contributed by atoms with Gasteiger partial charge in [0.2, 0.25) is 0 Å². The first-order chi connectivity index (χ1) is 16.8. The number of ether oxygens (including phenoxy) is 2. The van der Waals surface area contributed by atoms with Gasteiger partial charge in [-0.15, -0.1) is 0 Å². The predicted octanol–water partition coefficient (Wildman–Crippen LogP) is 4.81. The van der Waals surface area contributed by atoms with Crippen LogP contribution in [0.15, 0.2) is 66.0 Å². The molecule has 0 saturated heterocycles. The Morgan fingerprint density at radius 3 is 2.60 bits per heavy atom. The van der Waals surface area contributed by atoms with E-state index in [-0.39, 0.29) is 17.1 Å². The molecular weight excluding hydrogens is 444 g/mol. The monoisotopic (exact) mass is 472 g/mol. The van der Waals surface area contributed by atoms with Crippen LogP contribution < -0.4 is 20.1 Å². The Bertz CT molecular complexity index is 1340. The van der Waals surface area contributed by atoms with Gasteiger partial charge in [0.15, 0.2) is 5.78 Å². The lowest BCUT2D eigenvalue weighted by molar-refractivity contribution is -0.118. The second kappa shape index (κ2) is 8.61. The molecule has 1 aliphatic heterocycles. The molecule has 5 rings (SSSR count). The molecular formula is C27H28N4O4. The lowest BCUT2D eigenvalue weighted by Gasteiger charge is -2.39. The number of rotatable bonds is 5. The highest BCUT2D eigenvalue weighted by molar-refractivity contribution is 6.08. The fourth-order valence-electron chi connectivity index (χ4n) is 4.94. The van der Waals surface area contributed by atoms with Crippen LogP contribution in [0, 0.1) is 5.41 Å². The molecule has 0 radical (unpaired) electrons. The molecule has 8 heteroatoms. The maximum absolute atomic E-state index is 13.5. The second-order valence-electron chi connectivity index (χ2n) is 9.64. The van der Waals surface area contributed by atoms with E-state index in [0.717, 1.165) is 11.3 Å². The number of Topliss-reactive ketones (excluding diaryl/α,β-unsaturated/α-hetero) is 1. The van der Waals surface area contributed by atoms with Gasteiger partial charge < -0.3 is 20.1 Å². The number of carbonyl (C=O) groups excluding carboxylic acids is 2. The third kappa shape index (κ3) is 4.05. The molecule has 0 saturated carbocycles. The molecule has 0 spiro atoms. The standard InChI is InChI=1S/C27H28N4O4/c1-27(2)13-20-23(21(32)14-27)24(18-12-17(34-3)10-11-22(18)35-4)31-25(30-20)19(15-28-31)26(33)29-16-8-6-5-7-9-16/h5-12,15,24,30H,13-14H2,1-4H3,(H,29,33)/t24-/m1/s1. The molecule has 2 N–H and O–H groups in total. The number of para-hydroxylation sites is 1.